The number of hydrogen-bond acceptors (Lipinski definition) is 4. The van der Waals surface area contributed by atoms with Gasteiger partial charge in [0.15, 0.2) is 12.7 Å². The van der Waals surface area contributed by atoms with E-state index in [1.54, 1.807) is 0 Å². The number of carbonyl (C=O) groups is 2. The minimum absolute atomic E-state index is 0.347. The van der Waals surface area contributed by atoms with Crippen LogP contribution >= 0.6 is 0 Å². The molecule has 0 saturated carbocycles. The highest BCUT2D eigenvalue weighted by Crippen LogP contribution is 2.11. The summed E-state index contributed by atoms with van der Waals surface area (Å²) in [5, 5.41) is 2.71. The summed E-state index contributed by atoms with van der Waals surface area (Å²) in [5.74, 6) is -1.09. The molecule has 1 aromatic carbocycles. The van der Waals surface area contributed by atoms with Gasteiger partial charge in [-0.05, 0) is 52.0 Å². The molecular weight excluding hydrogens is 277 g/mol. The second-order valence-corrected chi connectivity index (χ2v) is 5.61. The van der Waals surface area contributed by atoms with E-state index < -0.39 is 23.4 Å². The van der Waals surface area contributed by atoms with Gasteiger partial charge >= 0.3 is 5.97 Å². The summed E-state index contributed by atoms with van der Waals surface area (Å²) in [6.45, 7) is 6.63. The zero-order valence-corrected chi connectivity index (χ0v) is 12.6. The van der Waals surface area contributed by atoms with Crippen molar-refractivity contribution >= 4 is 11.9 Å². The number of nitrogens with one attached hydrogen (secondary N) is 1. The Bertz CT molecular complexity index is 493. The van der Waals surface area contributed by atoms with Gasteiger partial charge in [-0.2, -0.15) is 0 Å². The lowest BCUT2D eigenvalue weighted by atomic mass is 10.1. The largest absolute Gasteiger partial charge is 0.482 e. The van der Waals surface area contributed by atoms with Gasteiger partial charge in [0.1, 0.15) is 11.6 Å². The van der Waals surface area contributed by atoms with Crippen molar-refractivity contribution in [3.63, 3.8) is 0 Å². The maximum absolute atomic E-state index is 12.7. The minimum atomic E-state index is -0.909. The summed E-state index contributed by atoms with van der Waals surface area (Å²) < 4.78 is 22.8. The molecule has 5 nitrogen and oxygen atoms in total. The topological polar surface area (TPSA) is 64.6 Å². The third-order valence-electron chi connectivity index (χ3n) is 2.35. The third-order valence-corrected chi connectivity index (χ3v) is 2.35. The third kappa shape index (κ3) is 6.74. The molecule has 0 unspecified atom stereocenters. The van der Waals surface area contributed by atoms with Gasteiger partial charge in [0.25, 0.3) is 5.91 Å². The van der Waals surface area contributed by atoms with Crippen LogP contribution in [0.15, 0.2) is 24.3 Å². The van der Waals surface area contributed by atoms with Crippen molar-refractivity contribution in [2.24, 2.45) is 0 Å². The maximum Gasteiger partial charge on any atom is 0.344 e. The summed E-state index contributed by atoms with van der Waals surface area (Å²) in [6, 6.07) is 5.25. The van der Waals surface area contributed by atoms with Gasteiger partial charge in [-0.25, -0.2) is 9.18 Å². The first-order valence-corrected chi connectivity index (χ1v) is 6.57. The fraction of sp³-hybridized carbons (Fsp3) is 0.467. The lowest BCUT2D eigenvalue weighted by Crippen LogP contribution is -2.46. The molecule has 6 heteroatoms. The molecule has 116 valence electrons. The van der Waals surface area contributed by atoms with Gasteiger partial charge in [0, 0.05) is 5.54 Å². The molecule has 0 heterocycles. The van der Waals surface area contributed by atoms with Crippen LogP contribution in [0.2, 0.25) is 0 Å². The number of benzene rings is 1. The summed E-state index contributed by atoms with van der Waals surface area (Å²) in [5.41, 5.74) is -0.400. The van der Waals surface area contributed by atoms with E-state index in [9.17, 15) is 14.0 Å². The molecule has 21 heavy (non-hydrogen) atoms. The SMILES string of the molecule is C[C@H](OC(=O)COc1ccc(F)cc1)C(=O)NC(C)(C)C. The Labute approximate surface area is 123 Å². The average Bonchev–Trinajstić information content (AvgIpc) is 2.36. The lowest BCUT2D eigenvalue weighted by molar-refractivity contribution is -0.157. The number of carbonyl (C=O) groups excluding carboxylic acids is 2. The van der Waals surface area contributed by atoms with E-state index in [1.165, 1.54) is 31.2 Å². The van der Waals surface area contributed by atoms with Crippen molar-refractivity contribution in [1.29, 1.82) is 0 Å². The molecule has 1 N–H and O–H groups in total. The van der Waals surface area contributed by atoms with Gasteiger partial charge in [-0.1, -0.05) is 0 Å². The first-order valence-electron chi connectivity index (χ1n) is 6.57. The van der Waals surface area contributed by atoms with E-state index in [-0.39, 0.29) is 12.5 Å². The molecule has 1 amide bonds. The lowest BCUT2D eigenvalue weighted by Gasteiger charge is -2.23. The van der Waals surface area contributed by atoms with Crippen molar-refractivity contribution in [3.05, 3.63) is 30.1 Å². The van der Waals surface area contributed by atoms with Crippen molar-refractivity contribution in [3.8, 4) is 5.75 Å². The number of amides is 1. The zero-order chi connectivity index (χ0) is 16.0. The fourth-order valence-electron chi connectivity index (χ4n) is 1.43. The van der Waals surface area contributed by atoms with Gasteiger partial charge < -0.3 is 14.8 Å². The molecule has 0 aromatic heterocycles. The molecule has 1 aromatic rings. The van der Waals surface area contributed by atoms with Crippen LogP contribution in [0.5, 0.6) is 5.75 Å². The summed E-state index contributed by atoms with van der Waals surface area (Å²) >= 11 is 0. The van der Waals surface area contributed by atoms with Crippen LogP contribution < -0.4 is 10.1 Å². The monoisotopic (exact) mass is 297 g/mol. The van der Waals surface area contributed by atoms with Gasteiger partial charge in [0.2, 0.25) is 0 Å². The zero-order valence-electron chi connectivity index (χ0n) is 12.6. The van der Waals surface area contributed by atoms with Crippen molar-refractivity contribution in [1.82, 2.24) is 5.32 Å². The average molecular weight is 297 g/mol. The number of rotatable bonds is 5. The van der Waals surface area contributed by atoms with Crippen LogP contribution in [0.25, 0.3) is 0 Å². The number of esters is 1. The second-order valence-electron chi connectivity index (χ2n) is 5.61. The predicted octanol–water partition coefficient (Wildman–Crippen LogP) is 2.05. The Morgan fingerprint density at radius 1 is 1.24 bits per heavy atom. The van der Waals surface area contributed by atoms with E-state index in [1.807, 2.05) is 20.8 Å². The summed E-state index contributed by atoms with van der Waals surface area (Å²) in [4.78, 5) is 23.3. The Balaban J connectivity index is 2.39. The molecular formula is C15H20FNO4. The quantitative estimate of drug-likeness (QED) is 0.845. The molecule has 0 radical (unpaired) electrons. The van der Waals surface area contributed by atoms with Crippen LogP contribution in [-0.4, -0.2) is 30.1 Å². The van der Waals surface area contributed by atoms with Crippen molar-refractivity contribution in [2.45, 2.75) is 39.3 Å². The highest BCUT2D eigenvalue weighted by Gasteiger charge is 2.22. The highest BCUT2D eigenvalue weighted by molar-refractivity contribution is 5.84. The van der Waals surface area contributed by atoms with Gasteiger partial charge in [-0.3, -0.25) is 4.79 Å². The molecule has 0 fully saturated rings. The first kappa shape index (κ1) is 16.9. The summed E-state index contributed by atoms with van der Waals surface area (Å²) in [7, 11) is 0. The number of halogens is 1. The molecule has 0 saturated heterocycles. The van der Waals surface area contributed by atoms with Gasteiger partial charge in [-0.15, -0.1) is 0 Å². The Kier molecular flexibility index (Phi) is 5.69. The number of ether oxygens (including phenoxy) is 2. The molecule has 1 rings (SSSR count). The number of hydrogen-bond donors (Lipinski definition) is 1. The van der Waals surface area contributed by atoms with Gasteiger partial charge in [0.05, 0.1) is 0 Å². The molecule has 0 aliphatic carbocycles. The first-order chi connectivity index (χ1) is 9.67. The van der Waals surface area contributed by atoms with Crippen LogP contribution in [0.1, 0.15) is 27.7 Å². The second kappa shape index (κ2) is 7.06. The van der Waals surface area contributed by atoms with E-state index >= 15 is 0 Å². The maximum atomic E-state index is 12.7. The Morgan fingerprint density at radius 2 is 1.81 bits per heavy atom. The van der Waals surface area contributed by atoms with Crippen molar-refractivity contribution in [2.75, 3.05) is 6.61 Å². The molecule has 0 spiro atoms. The van der Waals surface area contributed by atoms with Crippen LogP contribution in [0, 0.1) is 5.82 Å². The Hall–Kier alpha value is -2.11. The highest BCUT2D eigenvalue weighted by atomic mass is 19.1. The van der Waals surface area contributed by atoms with Crippen molar-refractivity contribution < 1.29 is 23.5 Å². The smallest absolute Gasteiger partial charge is 0.344 e. The standard InChI is InChI=1S/C15H20FNO4/c1-10(14(19)17-15(2,3)4)21-13(18)9-20-12-7-5-11(16)6-8-12/h5-8,10H,9H2,1-4H3,(H,17,19)/t10-/m0/s1. The fourth-order valence-corrected chi connectivity index (χ4v) is 1.43. The molecule has 0 aliphatic heterocycles. The molecule has 0 bridgehead atoms. The summed E-state index contributed by atoms with van der Waals surface area (Å²) in [6.07, 6.45) is -0.909. The van der Waals surface area contributed by atoms with Crippen LogP contribution in [0.3, 0.4) is 0 Å². The molecule has 0 aliphatic rings. The van der Waals surface area contributed by atoms with E-state index in [0.717, 1.165) is 0 Å². The van der Waals surface area contributed by atoms with E-state index in [4.69, 9.17) is 9.47 Å². The van der Waals surface area contributed by atoms with Crippen LogP contribution in [-0.2, 0) is 14.3 Å². The molecule has 1 atom stereocenters. The van der Waals surface area contributed by atoms with Crippen LogP contribution in [0.4, 0.5) is 4.39 Å². The predicted molar refractivity (Wildman–Crippen MR) is 75.3 cm³/mol. The normalized spacial score (nSPS) is 12.4. The van der Waals surface area contributed by atoms with E-state index in [0.29, 0.717) is 5.75 Å². The van der Waals surface area contributed by atoms with E-state index in [2.05, 4.69) is 5.32 Å². The Morgan fingerprint density at radius 3 is 2.33 bits per heavy atom. The minimum Gasteiger partial charge on any atom is -0.482 e.